The van der Waals surface area contributed by atoms with Crippen LogP contribution >= 0.6 is 11.6 Å². The smallest absolute Gasteiger partial charge is 0.229 e. The first-order chi connectivity index (χ1) is 11.2. The summed E-state index contributed by atoms with van der Waals surface area (Å²) in [6.45, 7) is 0.604. The molecule has 3 rings (SSSR count). The lowest BCUT2D eigenvalue weighted by molar-refractivity contribution is 0.628. The number of nitrogens with zero attached hydrogens (tertiary/aromatic N) is 3. The second-order valence-electron chi connectivity index (χ2n) is 4.73. The van der Waals surface area contributed by atoms with Crippen LogP contribution in [0.15, 0.2) is 55.0 Å². The van der Waals surface area contributed by atoms with Gasteiger partial charge in [-0.05, 0) is 35.9 Å². The highest BCUT2D eigenvalue weighted by atomic mass is 35.5. The van der Waals surface area contributed by atoms with E-state index in [2.05, 4.69) is 25.6 Å². The molecule has 0 aliphatic heterocycles. The first-order valence-electron chi connectivity index (χ1n) is 6.88. The minimum atomic E-state index is -0.468. The van der Waals surface area contributed by atoms with Gasteiger partial charge in [0.2, 0.25) is 5.95 Å². The summed E-state index contributed by atoms with van der Waals surface area (Å²) in [5.74, 6) is 0.591. The van der Waals surface area contributed by atoms with Crippen molar-refractivity contribution in [3.8, 4) is 0 Å². The molecular weight excluding hydrogens is 317 g/mol. The molecule has 0 aliphatic rings. The highest BCUT2D eigenvalue weighted by Gasteiger charge is 2.04. The molecule has 0 fully saturated rings. The van der Waals surface area contributed by atoms with E-state index >= 15 is 0 Å². The van der Waals surface area contributed by atoms with E-state index in [0.717, 1.165) is 5.56 Å². The average Bonchev–Trinajstić information content (AvgIpc) is 2.58. The van der Waals surface area contributed by atoms with Crippen LogP contribution in [-0.4, -0.2) is 15.0 Å². The summed E-state index contributed by atoms with van der Waals surface area (Å²) in [5.41, 5.74) is 1.66. The van der Waals surface area contributed by atoms with Crippen LogP contribution in [0.4, 0.5) is 21.8 Å². The van der Waals surface area contributed by atoms with E-state index in [1.165, 1.54) is 12.1 Å². The van der Waals surface area contributed by atoms with E-state index in [0.29, 0.717) is 24.0 Å². The molecule has 0 bridgehead atoms. The van der Waals surface area contributed by atoms with Gasteiger partial charge >= 0.3 is 0 Å². The molecule has 5 nitrogen and oxygen atoms in total. The maximum atomic E-state index is 13.2. The standard InChI is InChI=1S/C16H13ClFN5/c17-13-8-12(3-4-14(13)18)22-16-20-7-5-15(23-16)21-10-11-2-1-6-19-9-11/h1-9H,10H2,(H2,20,21,22,23). The Morgan fingerprint density at radius 1 is 1.13 bits per heavy atom. The van der Waals surface area contributed by atoms with Crippen molar-refractivity contribution in [1.82, 2.24) is 15.0 Å². The van der Waals surface area contributed by atoms with E-state index in [1.807, 2.05) is 12.1 Å². The molecule has 7 heteroatoms. The molecule has 0 atom stereocenters. The van der Waals surface area contributed by atoms with Gasteiger partial charge in [0.25, 0.3) is 0 Å². The Kier molecular flexibility index (Phi) is 4.63. The van der Waals surface area contributed by atoms with Crippen molar-refractivity contribution in [3.05, 3.63) is 71.4 Å². The van der Waals surface area contributed by atoms with Crippen molar-refractivity contribution >= 4 is 29.1 Å². The highest BCUT2D eigenvalue weighted by molar-refractivity contribution is 6.31. The van der Waals surface area contributed by atoms with Crippen molar-refractivity contribution in [3.63, 3.8) is 0 Å². The number of benzene rings is 1. The summed E-state index contributed by atoms with van der Waals surface area (Å²) >= 11 is 5.75. The highest BCUT2D eigenvalue weighted by Crippen LogP contribution is 2.21. The minimum Gasteiger partial charge on any atom is -0.366 e. The van der Waals surface area contributed by atoms with Gasteiger partial charge in [0.05, 0.1) is 5.02 Å². The first kappa shape index (κ1) is 15.2. The van der Waals surface area contributed by atoms with Crippen LogP contribution in [0.3, 0.4) is 0 Å². The molecule has 0 radical (unpaired) electrons. The van der Waals surface area contributed by atoms with Crippen LogP contribution in [0.5, 0.6) is 0 Å². The zero-order valence-corrected chi connectivity index (χ0v) is 12.8. The van der Waals surface area contributed by atoms with Gasteiger partial charge < -0.3 is 10.6 Å². The second kappa shape index (κ2) is 7.02. The van der Waals surface area contributed by atoms with Crippen molar-refractivity contribution < 1.29 is 4.39 Å². The van der Waals surface area contributed by atoms with Crippen LogP contribution in [0.25, 0.3) is 0 Å². The van der Waals surface area contributed by atoms with Crippen molar-refractivity contribution in [2.45, 2.75) is 6.54 Å². The van der Waals surface area contributed by atoms with Gasteiger partial charge in [-0.1, -0.05) is 17.7 Å². The summed E-state index contributed by atoms with van der Waals surface area (Å²) in [6, 6.07) is 9.95. The molecule has 2 heterocycles. The van der Waals surface area contributed by atoms with Gasteiger partial charge in [0.15, 0.2) is 0 Å². The Bertz CT molecular complexity index is 797. The summed E-state index contributed by atoms with van der Waals surface area (Å²) in [4.78, 5) is 12.5. The lowest BCUT2D eigenvalue weighted by Crippen LogP contribution is -2.04. The van der Waals surface area contributed by atoms with E-state index in [-0.39, 0.29) is 5.02 Å². The van der Waals surface area contributed by atoms with Gasteiger partial charge in [0.1, 0.15) is 11.6 Å². The van der Waals surface area contributed by atoms with Crippen LogP contribution in [-0.2, 0) is 6.54 Å². The topological polar surface area (TPSA) is 62.7 Å². The fraction of sp³-hybridized carbons (Fsp3) is 0.0625. The molecule has 1 aromatic carbocycles. The van der Waals surface area contributed by atoms with Gasteiger partial charge in [-0.25, -0.2) is 9.37 Å². The Morgan fingerprint density at radius 3 is 2.83 bits per heavy atom. The molecule has 0 aliphatic carbocycles. The fourth-order valence-corrected chi connectivity index (χ4v) is 2.10. The molecule has 3 aromatic rings. The van der Waals surface area contributed by atoms with Crippen molar-refractivity contribution in [2.24, 2.45) is 0 Å². The Morgan fingerprint density at radius 2 is 2.04 bits per heavy atom. The SMILES string of the molecule is Fc1ccc(Nc2nccc(NCc3cccnc3)n2)cc1Cl. The van der Waals surface area contributed by atoms with E-state index < -0.39 is 5.82 Å². The number of anilines is 3. The van der Waals surface area contributed by atoms with Crippen LogP contribution < -0.4 is 10.6 Å². The molecule has 116 valence electrons. The van der Waals surface area contributed by atoms with Crippen molar-refractivity contribution in [2.75, 3.05) is 10.6 Å². The number of hydrogen-bond acceptors (Lipinski definition) is 5. The molecule has 2 N–H and O–H groups in total. The molecule has 0 amide bonds. The number of nitrogens with one attached hydrogen (secondary N) is 2. The fourth-order valence-electron chi connectivity index (χ4n) is 1.92. The van der Waals surface area contributed by atoms with E-state index in [4.69, 9.17) is 11.6 Å². The second-order valence-corrected chi connectivity index (χ2v) is 5.14. The summed E-state index contributed by atoms with van der Waals surface area (Å²) in [6.07, 6.45) is 5.14. The number of rotatable bonds is 5. The van der Waals surface area contributed by atoms with Crippen LogP contribution in [0.2, 0.25) is 5.02 Å². The van der Waals surface area contributed by atoms with Gasteiger partial charge in [0, 0.05) is 30.8 Å². The average molecular weight is 330 g/mol. The van der Waals surface area contributed by atoms with E-state index in [1.54, 1.807) is 30.7 Å². The third-order valence-electron chi connectivity index (χ3n) is 3.03. The normalized spacial score (nSPS) is 10.3. The zero-order valence-electron chi connectivity index (χ0n) is 12.0. The third kappa shape index (κ3) is 4.14. The number of aromatic nitrogens is 3. The molecule has 0 saturated carbocycles. The number of pyridine rings is 1. The predicted molar refractivity (Wildman–Crippen MR) is 88.3 cm³/mol. The van der Waals surface area contributed by atoms with Gasteiger partial charge in [-0.2, -0.15) is 4.98 Å². The van der Waals surface area contributed by atoms with E-state index in [9.17, 15) is 4.39 Å². The molecule has 0 saturated heterocycles. The predicted octanol–water partition coefficient (Wildman–Crippen LogP) is 4.02. The van der Waals surface area contributed by atoms with Crippen LogP contribution in [0.1, 0.15) is 5.56 Å². The van der Waals surface area contributed by atoms with Gasteiger partial charge in [-0.15, -0.1) is 0 Å². The zero-order chi connectivity index (χ0) is 16.1. The Hall–Kier alpha value is -2.73. The molecule has 0 spiro atoms. The van der Waals surface area contributed by atoms with Gasteiger partial charge in [-0.3, -0.25) is 4.98 Å². The summed E-state index contributed by atoms with van der Waals surface area (Å²) in [7, 11) is 0. The maximum Gasteiger partial charge on any atom is 0.229 e. The quantitative estimate of drug-likeness (QED) is 0.740. The summed E-state index contributed by atoms with van der Waals surface area (Å²) < 4.78 is 13.2. The monoisotopic (exact) mass is 329 g/mol. The lowest BCUT2D eigenvalue weighted by atomic mass is 10.3. The Labute approximate surface area is 137 Å². The molecule has 0 unspecified atom stereocenters. The summed E-state index contributed by atoms with van der Waals surface area (Å²) in [5, 5.41) is 6.22. The minimum absolute atomic E-state index is 0.0425. The third-order valence-corrected chi connectivity index (χ3v) is 3.32. The maximum absolute atomic E-state index is 13.2. The largest absolute Gasteiger partial charge is 0.366 e. The number of hydrogen-bond donors (Lipinski definition) is 2. The molecular formula is C16H13ClFN5. The number of halogens is 2. The molecule has 23 heavy (non-hydrogen) atoms. The lowest BCUT2D eigenvalue weighted by Gasteiger charge is -2.08. The Balaban J connectivity index is 1.68. The molecule has 2 aromatic heterocycles. The first-order valence-corrected chi connectivity index (χ1v) is 7.26. The van der Waals surface area contributed by atoms with Crippen LogP contribution in [0, 0.1) is 5.82 Å². The van der Waals surface area contributed by atoms with Crippen molar-refractivity contribution in [1.29, 1.82) is 0 Å².